The van der Waals surface area contributed by atoms with Crippen LogP contribution in [-0.4, -0.2) is 55.7 Å². The van der Waals surface area contributed by atoms with Gasteiger partial charge < -0.3 is 10.2 Å². The summed E-state index contributed by atoms with van der Waals surface area (Å²) in [5.74, 6) is -0.735. The third kappa shape index (κ3) is 2.83. The number of amides is 2. The highest BCUT2D eigenvalue weighted by atomic mass is 16.2. The van der Waals surface area contributed by atoms with E-state index in [1.54, 1.807) is 23.7 Å². The molecule has 0 atom stereocenters. The van der Waals surface area contributed by atoms with Gasteiger partial charge in [-0.1, -0.05) is 6.07 Å². The average Bonchev–Trinajstić information content (AvgIpc) is 3.01. The number of carbonyl (C=O) groups excluding carboxylic acids is 2. The molecule has 1 saturated heterocycles. The number of hydrogen-bond donors (Lipinski definition) is 2. The van der Waals surface area contributed by atoms with Crippen LogP contribution in [0.25, 0.3) is 5.52 Å². The van der Waals surface area contributed by atoms with Gasteiger partial charge in [0.1, 0.15) is 0 Å². The summed E-state index contributed by atoms with van der Waals surface area (Å²) in [6, 6.07) is 8.42. The number of fused-ring (bicyclic) bond motifs is 1. The molecule has 2 amide bonds. The lowest BCUT2D eigenvalue weighted by atomic mass is 10.1. The summed E-state index contributed by atoms with van der Waals surface area (Å²) in [5.41, 5.74) is 1.18. The van der Waals surface area contributed by atoms with Crippen LogP contribution in [0.15, 0.2) is 41.3 Å². The first kappa shape index (κ1) is 16.0. The summed E-state index contributed by atoms with van der Waals surface area (Å²) >= 11 is 0. The zero-order chi connectivity index (χ0) is 18.3. The quantitative estimate of drug-likeness (QED) is 0.688. The van der Waals surface area contributed by atoms with Crippen LogP contribution in [0.5, 0.6) is 0 Å². The first-order chi connectivity index (χ1) is 12.5. The predicted octanol–water partition coefficient (Wildman–Crippen LogP) is -0.0196. The first-order valence-corrected chi connectivity index (χ1v) is 8.12. The fraction of sp³-hybridized carbons (Fsp3) is 0.235. The van der Waals surface area contributed by atoms with E-state index in [9.17, 15) is 14.4 Å². The van der Waals surface area contributed by atoms with Gasteiger partial charge in [0.05, 0.1) is 11.6 Å². The maximum Gasteiger partial charge on any atom is 0.278 e. The van der Waals surface area contributed by atoms with Gasteiger partial charge in [0.25, 0.3) is 11.8 Å². The average molecular weight is 352 g/mol. The Morgan fingerprint density at radius 2 is 2.08 bits per heavy atom. The molecule has 1 aliphatic rings. The molecule has 1 aliphatic heterocycles. The van der Waals surface area contributed by atoms with Crippen molar-refractivity contribution in [1.82, 2.24) is 30.0 Å². The molecule has 1 fully saturated rings. The number of aryl methyl sites for hydroxylation is 1. The summed E-state index contributed by atoms with van der Waals surface area (Å²) in [7, 11) is 0. The third-order valence-corrected chi connectivity index (χ3v) is 4.23. The van der Waals surface area contributed by atoms with Crippen molar-refractivity contribution >= 4 is 17.3 Å². The molecule has 0 spiro atoms. The molecule has 0 bridgehead atoms. The van der Waals surface area contributed by atoms with Crippen LogP contribution in [0.4, 0.5) is 0 Å². The zero-order valence-electron chi connectivity index (χ0n) is 14.0. The maximum atomic E-state index is 12.3. The normalized spacial score (nSPS) is 14.3. The Bertz CT molecular complexity index is 1030. The largest absolute Gasteiger partial charge is 0.344 e. The minimum Gasteiger partial charge on any atom is -0.344 e. The predicted molar refractivity (Wildman–Crippen MR) is 91.9 cm³/mol. The molecular formula is C17H16N6O3. The molecule has 9 heteroatoms. The Morgan fingerprint density at radius 1 is 1.27 bits per heavy atom. The van der Waals surface area contributed by atoms with E-state index in [0.29, 0.717) is 24.5 Å². The Kier molecular flexibility index (Phi) is 3.76. The molecule has 26 heavy (non-hydrogen) atoms. The SMILES string of the molecule is Cc1cc(=O)c(C(=O)N2CC(NC(=O)c3cc4ccccn4n3)C2)n[nH]1. The number of nitrogens with one attached hydrogen (secondary N) is 2. The van der Waals surface area contributed by atoms with Crippen molar-refractivity contribution in [2.75, 3.05) is 13.1 Å². The number of rotatable bonds is 3. The lowest BCUT2D eigenvalue weighted by Gasteiger charge is -2.38. The summed E-state index contributed by atoms with van der Waals surface area (Å²) in [6.45, 7) is 2.34. The van der Waals surface area contributed by atoms with Crippen molar-refractivity contribution in [2.45, 2.75) is 13.0 Å². The number of hydrogen-bond acceptors (Lipinski definition) is 5. The molecule has 0 radical (unpaired) electrons. The molecule has 3 aromatic rings. The van der Waals surface area contributed by atoms with Crippen molar-refractivity contribution in [3.8, 4) is 0 Å². The topological polar surface area (TPSA) is 112 Å². The summed E-state index contributed by atoms with van der Waals surface area (Å²) < 4.78 is 1.63. The number of nitrogens with zero attached hydrogens (tertiary/aromatic N) is 4. The van der Waals surface area contributed by atoms with Gasteiger partial charge in [-0.3, -0.25) is 19.5 Å². The number of aromatic amines is 1. The molecule has 0 unspecified atom stereocenters. The van der Waals surface area contributed by atoms with Crippen LogP contribution in [0.2, 0.25) is 0 Å². The second-order valence-corrected chi connectivity index (χ2v) is 6.24. The second-order valence-electron chi connectivity index (χ2n) is 6.24. The number of pyridine rings is 1. The standard InChI is InChI=1S/C17H16N6O3/c1-10-6-14(24)15(20-19-10)17(26)22-8-11(9-22)18-16(25)13-7-12-4-2-3-5-23(12)21-13/h2-7,11H,8-9H2,1H3,(H,18,25)(H,19,24). The molecule has 0 aliphatic carbocycles. The van der Waals surface area contributed by atoms with Crippen molar-refractivity contribution < 1.29 is 9.59 Å². The van der Waals surface area contributed by atoms with Gasteiger partial charge in [0.15, 0.2) is 11.4 Å². The monoisotopic (exact) mass is 352 g/mol. The van der Waals surface area contributed by atoms with Crippen LogP contribution in [0.1, 0.15) is 26.7 Å². The molecular weight excluding hydrogens is 336 g/mol. The van der Waals surface area contributed by atoms with Gasteiger partial charge in [0.2, 0.25) is 5.43 Å². The Balaban J connectivity index is 1.38. The number of H-pyrrole nitrogens is 1. The minimum atomic E-state index is -0.440. The highest BCUT2D eigenvalue weighted by Crippen LogP contribution is 2.12. The van der Waals surface area contributed by atoms with Crippen molar-refractivity contribution in [1.29, 1.82) is 0 Å². The Labute approximate surface area is 147 Å². The van der Waals surface area contributed by atoms with Crippen LogP contribution in [-0.2, 0) is 0 Å². The first-order valence-electron chi connectivity index (χ1n) is 8.12. The fourth-order valence-electron chi connectivity index (χ4n) is 2.84. The third-order valence-electron chi connectivity index (χ3n) is 4.23. The van der Waals surface area contributed by atoms with E-state index < -0.39 is 11.3 Å². The number of likely N-dealkylation sites (tertiary alicyclic amines) is 1. The maximum absolute atomic E-state index is 12.3. The zero-order valence-corrected chi connectivity index (χ0v) is 14.0. The molecule has 4 heterocycles. The van der Waals surface area contributed by atoms with Crippen molar-refractivity contribution in [3.05, 3.63) is 63.8 Å². The smallest absolute Gasteiger partial charge is 0.278 e. The van der Waals surface area contributed by atoms with Crippen molar-refractivity contribution in [2.24, 2.45) is 0 Å². The Hall–Kier alpha value is -3.49. The summed E-state index contributed by atoms with van der Waals surface area (Å²) in [5, 5.41) is 13.5. The van der Waals surface area contributed by atoms with E-state index in [1.807, 2.05) is 18.2 Å². The van der Waals surface area contributed by atoms with E-state index in [-0.39, 0.29) is 17.6 Å². The molecule has 3 aromatic heterocycles. The summed E-state index contributed by atoms with van der Waals surface area (Å²) in [6.07, 6.45) is 1.77. The van der Waals surface area contributed by atoms with Crippen LogP contribution < -0.4 is 10.7 Å². The molecule has 9 nitrogen and oxygen atoms in total. The molecule has 4 rings (SSSR count). The fourth-order valence-corrected chi connectivity index (χ4v) is 2.84. The molecule has 2 N–H and O–H groups in total. The summed E-state index contributed by atoms with van der Waals surface area (Å²) in [4.78, 5) is 37.9. The van der Waals surface area contributed by atoms with E-state index in [0.717, 1.165) is 5.52 Å². The van der Waals surface area contributed by atoms with Crippen LogP contribution >= 0.6 is 0 Å². The molecule has 132 valence electrons. The second kappa shape index (κ2) is 6.10. The van der Waals surface area contributed by atoms with Gasteiger partial charge in [-0.15, -0.1) is 0 Å². The Morgan fingerprint density at radius 3 is 2.81 bits per heavy atom. The lowest BCUT2D eigenvalue weighted by Crippen LogP contribution is -2.61. The van der Waals surface area contributed by atoms with E-state index in [4.69, 9.17) is 0 Å². The van der Waals surface area contributed by atoms with Crippen molar-refractivity contribution in [3.63, 3.8) is 0 Å². The number of carbonyl (C=O) groups is 2. The van der Waals surface area contributed by atoms with Gasteiger partial charge in [-0.25, -0.2) is 4.52 Å². The highest BCUT2D eigenvalue weighted by molar-refractivity contribution is 5.95. The van der Waals surface area contributed by atoms with E-state index >= 15 is 0 Å². The van der Waals surface area contributed by atoms with Crippen LogP contribution in [0, 0.1) is 6.92 Å². The van der Waals surface area contributed by atoms with Gasteiger partial charge in [-0.05, 0) is 25.1 Å². The van der Waals surface area contributed by atoms with Gasteiger partial charge in [0, 0.05) is 31.0 Å². The van der Waals surface area contributed by atoms with E-state index in [2.05, 4.69) is 20.6 Å². The highest BCUT2D eigenvalue weighted by Gasteiger charge is 2.34. The van der Waals surface area contributed by atoms with Gasteiger partial charge in [-0.2, -0.15) is 10.2 Å². The minimum absolute atomic E-state index is 0.138. The van der Waals surface area contributed by atoms with Crippen LogP contribution in [0.3, 0.4) is 0 Å². The number of aromatic nitrogens is 4. The molecule has 0 saturated carbocycles. The van der Waals surface area contributed by atoms with E-state index in [1.165, 1.54) is 11.0 Å². The lowest BCUT2D eigenvalue weighted by molar-refractivity contribution is 0.0534. The van der Waals surface area contributed by atoms with Gasteiger partial charge >= 0.3 is 0 Å². The molecule has 0 aromatic carbocycles.